The molecule has 1 N–H and O–H groups in total. The lowest BCUT2D eigenvalue weighted by molar-refractivity contribution is -0.145. The molecule has 2 rings (SSSR count). The van der Waals surface area contributed by atoms with Crippen LogP contribution in [0.1, 0.15) is 25.3 Å². The van der Waals surface area contributed by atoms with Crippen LogP contribution < -0.4 is 5.32 Å². The van der Waals surface area contributed by atoms with Gasteiger partial charge in [-0.15, -0.1) is 0 Å². The number of hydrogen-bond donors (Lipinski definition) is 1. The van der Waals surface area contributed by atoms with Gasteiger partial charge in [-0.3, -0.25) is 9.69 Å². The molecule has 1 aromatic rings. The second kappa shape index (κ2) is 8.33. The predicted molar refractivity (Wildman–Crippen MR) is 86.0 cm³/mol. The van der Waals surface area contributed by atoms with Gasteiger partial charge >= 0.3 is 12.1 Å². The first kappa shape index (κ1) is 17.8. The van der Waals surface area contributed by atoms with E-state index in [1.54, 1.807) is 0 Å². The Balaban J connectivity index is 1.90. The Morgan fingerprint density at radius 3 is 2.67 bits per heavy atom. The van der Waals surface area contributed by atoms with Crippen molar-refractivity contribution in [2.75, 3.05) is 13.7 Å². The van der Waals surface area contributed by atoms with E-state index in [-0.39, 0.29) is 12.5 Å². The molecule has 7 heteroatoms. The van der Waals surface area contributed by atoms with E-state index in [0.29, 0.717) is 19.4 Å². The van der Waals surface area contributed by atoms with Crippen molar-refractivity contribution in [2.45, 2.75) is 38.5 Å². The molecular weight excluding hydrogens is 312 g/mol. The number of likely N-dealkylation sites (tertiary alicyclic amines) is 1. The molecular formula is C17H22N2O5. The molecule has 24 heavy (non-hydrogen) atoms. The van der Waals surface area contributed by atoms with Crippen LogP contribution in [0.5, 0.6) is 0 Å². The summed E-state index contributed by atoms with van der Waals surface area (Å²) in [7, 11) is 1.26. The van der Waals surface area contributed by atoms with Crippen molar-refractivity contribution >= 4 is 18.0 Å². The molecule has 0 bridgehead atoms. The molecule has 1 aromatic carbocycles. The number of rotatable bonds is 5. The minimum Gasteiger partial charge on any atom is -0.467 e. The third kappa shape index (κ3) is 4.47. The van der Waals surface area contributed by atoms with E-state index in [1.807, 2.05) is 30.3 Å². The fourth-order valence-electron chi connectivity index (χ4n) is 2.61. The average molecular weight is 334 g/mol. The monoisotopic (exact) mass is 334 g/mol. The molecule has 2 amide bonds. The Hall–Kier alpha value is -2.57. The van der Waals surface area contributed by atoms with Crippen LogP contribution in [0, 0.1) is 0 Å². The molecule has 0 spiro atoms. The van der Waals surface area contributed by atoms with Gasteiger partial charge in [0.1, 0.15) is 18.7 Å². The van der Waals surface area contributed by atoms with Crippen molar-refractivity contribution in [3.05, 3.63) is 35.9 Å². The lowest BCUT2D eigenvalue weighted by Gasteiger charge is -2.24. The Bertz CT molecular complexity index is 590. The van der Waals surface area contributed by atoms with Gasteiger partial charge in [-0.1, -0.05) is 30.3 Å². The summed E-state index contributed by atoms with van der Waals surface area (Å²) in [6, 6.07) is 7.95. The SMILES string of the molecule is COC(=O)C(C)NC(=O)C1CCCN1C(=O)OCc1ccccc1. The number of carbonyl (C=O) groups is 3. The predicted octanol–water partition coefficient (Wildman–Crippen LogP) is 1.47. The van der Waals surface area contributed by atoms with Crippen LogP contribution in [0.15, 0.2) is 30.3 Å². The largest absolute Gasteiger partial charge is 0.467 e. The maximum Gasteiger partial charge on any atom is 0.410 e. The topological polar surface area (TPSA) is 84.9 Å². The first-order chi connectivity index (χ1) is 11.5. The lowest BCUT2D eigenvalue weighted by atomic mass is 10.2. The van der Waals surface area contributed by atoms with Gasteiger partial charge < -0.3 is 14.8 Å². The van der Waals surface area contributed by atoms with Crippen molar-refractivity contribution in [1.82, 2.24) is 10.2 Å². The van der Waals surface area contributed by atoms with E-state index in [2.05, 4.69) is 10.1 Å². The quantitative estimate of drug-likeness (QED) is 0.824. The summed E-state index contributed by atoms with van der Waals surface area (Å²) < 4.78 is 9.86. The highest BCUT2D eigenvalue weighted by Crippen LogP contribution is 2.19. The molecule has 2 atom stereocenters. The average Bonchev–Trinajstić information content (AvgIpc) is 3.09. The van der Waals surface area contributed by atoms with E-state index >= 15 is 0 Å². The molecule has 1 aliphatic rings. The number of ether oxygens (including phenoxy) is 2. The highest BCUT2D eigenvalue weighted by molar-refractivity contribution is 5.89. The summed E-state index contributed by atoms with van der Waals surface area (Å²) in [5.74, 6) is -0.901. The molecule has 0 aliphatic carbocycles. The maximum atomic E-state index is 12.3. The highest BCUT2D eigenvalue weighted by Gasteiger charge is 2.36. The summed E-state index contributed by atoms with van der Waals surface area (Å²) in [6.07, 6.45) is 0.730. The van der Waals surface area contributed by atoms with Gasteiger partial charge in [0.25, 0.3) is 0 Å². The van der Waals surface area contributed by atoms with Crippen LogP contribution in [-0.2, 0) is 25.7 Å². The van der Waals surface area contributed by atoms with Gasteiger partial charge in [0.2, 0.25) is 5.91 Å². The third-order valence-electron chi connectivity index (χ3n) is 3.91. The first-order valence-corrected chi connectivity index (χ1v) is 7.88. The van der Waals surface area contributed by atoms with Crippen LogP contribution in [0.4, 0.5) is 4.79 Å². The Kier molecular flexibility index (Phi) is 6.17. The number of benzene rings is 1. The van der Waals surface area contributed by atoms with Gasteiger partial charge in [-0.25, -0.2) is 9.59 Å². The zero-order chi connectivity index (χ0) is 17.5. The third-order valence-corrected chi connectivity index (χ3v) is 3.91. The molecule has 7 nitrogen and oxygen atoms in total. The minimum atomic E-state index is -0.759. The van der Waals surface area contributed by atoms with E-state index < -0.39 is 24.1 Å². The second-order valence-electron chi connectivity index (χ2n) is 5.65. The molecule has 130 valence electrons. The molecule has 0 radical (unpaired) electrons. The van der Waals surface area contributed by atoms with E-state index in [0.717, 1.165) is 5.56 Å². The van der Waals surface area contributed by atoms with Crippen molar-refractivity contribution in [2.24, 2.45) is 0 Å². The number of esters is 1. The minimum absolute atomic E-state index is 0.156. The van der Waals surface area contributed by atoms with Crippen molar-refractivity contribution in [1.29, 1.82) is 0 Å². The smallest absolute Gasteiger partial charge is 0.410 e. The molecule has 0 aromatic heterocycles. The number of nitrogens with one attached hydrogen (secondary N) is 1. The normalized spacial score (nSPS) is 17.9. The Morgan fingerprint density at radius 1 is 1.29 bits per heavy atom. The molecule has 1 saturated heterocycles. The number of carbonyl (C=O) groups excluding carboxylic acids is 3. The molecule has 1 aliphatic heterocycles. The van der Waals surface area contributed by atoms with Gasteiger partial charge in [-0.05, 0) is 25.3 Å². The molecule has 1 heterocycles. The lowest BCUT2D eigenvalue weighted by Crippen LogP contribution is -2.50. The summed E-state index contributed by atoms with van der Waals surface area (Å²) in [5.41, 5.74) is 0.880. The van der Waals surface area contributed by atoms with Crippen molar-refractivity contribution in [3.8, 4) is 0 Å². The molecule has 2 unspecified atom stereocenters. The van der Waals surface area contributed by atoms with Crippen LogP contribution in [0.3, 0.4) is 0 Å². The molecule has 0 saturated carbocycles. The van der Waals surface area contributed by atoms with Crippen LogP contribution in [0.25, 0.3) is 0 Å². The number of methoxy groups -OCH3 is 1. The van der Waals surface area contributed by atoms with Crippen LogP contribution in [-0.4, -0.2) is 48.6 Å². The van der Waals surface area contributed by atoms with Gasteiger partial charge in [0.15, 0.2) is 0 Å². The van der Waals surface area contributed by atoms with Crippen LogP contribution in [0.2, 0.25) is 0 Å². The molecule has 1 fully saturated rings. The summed E-state index contributed by atoms with van der Waals surface area (Å²) >= 11 is 0. The summed E-state index contributed by atoms with van der Waals surface area (Å²) in [5, 5.41) is 2.57. The van der Waals surface area contributed by atoms with Gasteiger partial charge in [0.05, 0.1) is 7.11 Å². The summed E-state index contributed by atoms with van der Waals surface area (Å²) in [4.78, 5) is 37.3. The first-order valence-electron chi connectivity index (χ1n) is 7.88. The fraction of sp³-hybridized carbons (Fsp3) is 0.471. The highest BCUT2D eigenvalue weighted by atomic mass is 16.6. The van der Waals surface area contributed by atoms with Gasteiger partial charge in [0, 0.05) is 6.54 Å². The maximum absolute atomic E-state index is 12.3. The van der Waals surface area contributed by atoms with E-state index in [4.69, 9.17) is 4.74 Å². The van der Waals surface area contributed by atoms with E-state index in [1.165, 1.54) is 18.9 Å². The van der Waals surface area contributed by atoms with Crippen molar-refractivity contribution in [3.63, 3.8) is 0 Å². The zero-order valence-corrected chi connectivity index (χ0v) is 13.9. The second-order valence-corrected chi connectivity index (χ2v) is 5.65. The van der Waals surface area contributed by atoms with E-state index in [9.17, 15) is 14.4 Å². The van der Waals surface area contributed by atoms with Gasteiger partial charge in [-0.2, -0.15) is 0 Å². The van der Waals surface area contributed by atoms with Crippen LogP contribution >= 0.6 is 0 Å². The number of hydrogen-bond acceptors (Lipinski definition) is 5. The standard InChI is InChI=1S/C17H22N2O5/c1-12(16(21)23-2)18-15(20)14-9-6-10-19(14)17(22)24-11-13-7-4-3-5-8-13/h3-5,7-8,12,14H,6,9-11H2,1-2H3,(H,18,20). The fourth-order valence-corrected chi connectivity index (χ4v) is 2.61. The zero-order valence-electron chi connectivity index (χ0n) is 13.9. The summed E-state index contributed by atoms with van der Waals surface area (Å²) in [6.45, 7) is 2.15. The number of nitrogens with zero attached hydrogens (tertiary/aromatic N) is 1. The Morgan fingerprint density at radius 2 is 2.00 bits per heavy atom. The number of amides is 2. The van der Waals surface area contributed by atoms with Crippen molar-refractivity contribution < 1.29 is 23.9 Å². The Labute approximate surface area is 140 Å².